The lowest BCUT2D eigenvalue weighted by Gasteiger charge is -2.22. The van der Waals surface area contributed by atoms with Gasteiger partial charge in [-0.1, -0.05) is 60.7 Å². The van der Waals surface area contributed by atoms with Crippen LogP contribution in [0.4, 0.5) is 0 Å². The first-order chi connectivity index (χ1) is 11.2. The highest BCUT2D eigenvalue weighted by Crippen LogP contribution is 2.14. The highest BCUT2D eigenvalue weighted by Gasteiger charge is 2.11. The zero-order valence-corrected chi connectivity index (χ0v) is 14.1. The van der Waals surface area contributed by atoms with Gasteiger partial charge in [0, 0.05) is 27.7 Å². The molecule has 0 aliphatic carbocycles. The maximum absolute atomic E-state index is 5.59. The fourth-order valence-corrected chi connectivity index (χ4v) is 2.29. The fraction of sp³-hybridized carbons (Fsp3) is 0.316. The third-order valence-electron chi connectivity index (χ3n) is 3.58. The summed E-state index contributed by atoms with van der Waals surface area (Å²) in [5.74, 6) is 0.854. The van der Waals surface area contributed by atoms with E-state index in [0.717, 1.165) is 11.5 Å². The molecule has 1 unspecified atom stereocenters. The zero-order valence-electron chi connectivity index (χ0n) is 14.1. The van der Waals surface area contributed by atoms with Gasteiger partial charge in [-0.25, -0.2) is 4.99 Å². The molecule has 0 aliphatic heterocycles. The van der Waals surface area contributed by atoms with Crippen LogP contribution in [-0.4, -0.2) is 38.6 Å². The van der Waals surface area contributed by atoms with Gasteiger partial charge in [0.2, 0.25) is 0 Å². The SMILES string of the molecule is COC(CNC(=NCc1ccccc1)N(C)C)c1ccccc1. The van der Waals surface area contributed by atoms with Gasteiger partial charge in [-0.3, -0.25) is 0 Å². The van der Waals surface area contributed by atoms with E-state index in [1.807, 2.05) is 55.4 Å². The molecule has 2 rings (SSSR count). The first-order valence-corrected chi connectivity index (χ1v) is 7.78. The van der Waals surface area contributed by atoms with Crippen LogP contribution < -0.4 is 5.32 Å². The molecule has 4 nitrogen and oxygen atoms in total. The van der Waals surface area contributed by atoms with E-state index in [-0.39, 0.29) is 6.10 Å². The number of nitrogens with zero attached hydrogens (tertiary/aromatic N) is 2. The van der Waals surface area contributed by atoms with Gasteiger partial charge in [0.15, 0.2) is 5.96 Å². The van der Waals surface area contributed by atoms with Crippen LogP contribution in [0, 0.1) is 0 Å². The highest BCUT2D eigenvalue weighted by atomic mass is 16.5. The van der Waals surface area contributed by atoms with Crippen molar-refractivity contribution in [2.45, 2.75) is 12.6 Å². The normalized spacial score (nSPS) is 12.7. The standard InChI is InChI=1S/C19H25N3O/c1-22(2)19(20-14-16-10-6-4-7-11-16)21-15-18(23-3)17-12-8-5-9-13-17/h4-13,18H,14-15H2,1-3H3,(H,20,21). The number of guanidine groups is 1. The van der Waals surface area contributed by atoms with Crippen molar-refractivity contribution >= 4 is 5.96 Å². The van der Waals surface area contributed by atoms with Crippen molar-refractivity contribution in [3.63, 3.8) is 0 Å². The Hall–Kier alpha value is -2.33. The van der Waals surface area contributed by atoms with E-state index in [2.05, 4.69) is 34.6 Å². The van der Waals surface area contributed by atoms with Crippen LogP contribution in [0.5, 0.6) is 0 Å². The fourth-order valence-electron chi connectivity index (χ4n) is 2.29. The lowest BCUT2D eigenvalue weighted by atomic mass is 10.1. The first kappa shape index (κ1) is 17.0. The van der Waals surface area contributed by atoms with E-state index < -0.39 is 0 Å². The maximum Gasteiger partial charge on any atom is 0.193 e. The third kappa shape index (κ3) is 5.42. The Bertz CT molecular complexity index is 597. The molecule has 1 atom stereocenters. The van der Waals surface area contributed by atoms with Crippen LogP contribution in [0.2, 0.25) is 0 Å². The number of aliphatic imine (C=N–C) groups is 1. The van der Waals surface area contributed by atoms with Crippen LogP contribution in [0.25, 0.3) is 0 Å². The van der Waals surface area contributed by atoms with E-state index in [1.54, 1.807) is 7.11 Å². The van der Waals surface area contributed by atoms with Crippen LogP contribution in [-0.2, 0) is 11.3 Å². The van der Waals surface area contributed by atoms with Gasteiger partial charge in [-0.15, -0.1) is 0 Å². The summed E-state index contributed by atoms with van der Waals surface area (Å²) in [7, 11) is 5.71. The molecule has 0 bridgehead atoms. The number of hydrogen-bond acceptors (Lipinski definition) is 2. The molecule has 122 valence electrons. The van der Waals surface area contributed by atoms with Gasteiger partial charge >= 0.3 is 0 Å². The van der Waals surface area contributed by atoms with Crippen molar-refractivity contribution < 1.29 is 4.74 Å². The molecular weight excluding hydrogens is 286 g/mol. The van der Waals surface area contributed by atoms with Gasteiger partial charge in [-0.05, 0) is 11.1 Å². The average Bonchev–Trinajstić information content (AvgIpc) is 2.59. The lowest BCUT2D eigenvalue weighted by Crippen LogP contribution is -2.39. The minimum Gasteiger partial charge on any atom is -0.375 e. The van der Waals surface area contributed by atoms with Crippen LogP contribution in [0.15, 0.2) is 65.7 Å². The summed E-state index contributed by atoms with van der Waals surface area (Å²) in [6.45, 7) is 1.33. The van der Waals surface area contributed by atoms with Crippen LogP contribution in [0.1, 0.15) is 17.2 Å². The molecule has 0 saturated heterocycles. The molecule has 0 spiro atoms. The predicted molar refractivity (Wildman–Crippen MR) is 95.5 cm³/mol. The van der Waals surface area contributed by atoms with Crippen LogP contribution >= 0.6 is 0 Å². The molecule has 4 heteroatoms. The molecule has 1 N–H and O–H groups in total. The number of hydrogen-bond donors (Lipinski definition) is 1. The summed E-state index contributed by atoms with van der Waals surface area (Å²) < 4.78 is 5.59. The number of nitrogens with one attached hydrogen (secondary N) is 1. The average molecular weight is 311 g/mol. The topological polar surface area (TPSA) is 36.9 Å². The Kier molecular flexibility index (Phi) is 6.63. The molecule has 0 saturated carbocycles. The minimum absolute atomic E-state index is 0.00178. The number of rotatable bonds is 6. The molecule has 2 aromatic rings. The van der Waals surface area contributed by atoms with E-state index in [9.17, 15) is 0 Å². The van der Waals surface area contributed by atoms with E-state index >= 15 is 0 Å². The van der Waals surface area contributed by atoms with Gasteiger partial charge < -0.3 is 15.0 Å². The van der Waals surface area contributed by atoms with Crippen molar-refractivity contribution in [3.8, 4) is 0 Å². The summed E-state index contributed by atoms with van der Waals surface area (Å²) in [6, 6.07) is 20.5. The molecule has 0 heterocycles. The van der Waals surface area contributed by atoms with Crippen LogP contribution in [0.3, 0.4) is 0 Å². The third-order valence-corrected chi connectivity index (χ3v) is 3.58. The van der Waals surface area contributed by atoms with E-state index in [1.165, 1.54) is 5.56 Å². The minimum atomic E-state index is -0.00178. The monoisotopic (exact) mass is 311 g/mol. The molecule has 0 aliphatic rings. The maximum atomic E-state index is 5.59. The highest BCUT2D eigenvalue weighted by molar-refractivity contribution is 5.79. The van der Waals surface area contributed by atoms with Gasteiger partial charge in [0.05, 0.1) is 12.6 Å². The van der Waals surface area contributed by atoms with Gasteiger partial charge in [0.1, 0.15) is 0 Å². The molecule has 0 fully saturated rings. The molecule has 23 heavy (non-hydrogen) atoms. The predicted octanol–water partition coefficient (Wildman–Crippen LogP) is 3.08. The van der Waals surface area contributed by atoms with E-state index in [0.29, 0.717) is 13.1 Å². The van der Waals surface area contributed by atoms with Gasteiger partial charge in [-0.2, -0.15) is 0 Å². The zero-order chi connectivity index (χ0) is 16.5. The largest absolute Gasteiger partial charge is 0.375 e. The second kappa shape index (κ2) is 8.96. The quantitative estimate of drug-likeness (QED) is 0.658. The van der Waals surface area contributed by atoms with Crippen molar-refractivity contribution in [1.29, 1.82) is 0 Å². The number of methoxy groups -OCH3 is 1. The first-order valence-electron chi connectivity index (χ1n) is 7.78. The summed E-state index contributed by atoms with van der Waals surface area (Å²) in [5, 5.41) is 3.39. The summed E-state index contributed by atoms with van der Waals surface area (Å²) in [4.78, 5) is 6.66. The van der Waals surface area contributed by atoms with Crippen molar-refractivity contribution in [2.24, 2.45) is 4.99 Å². The van der Waals surface area contributed by atoms with Crippen molar-refractivity contribution in [1.82, 2.24) is 10.2 Å². The van der Waals surface area contributed by atoms with Gasteiger partial charge in [0.25, 0.3) is 0 Å². The molecule has 2 aromatic carbocycles. The smallest absolute Gasteiger partial charge is 0.193 e. The Morgan fingerprint density at radius 2 is 1.65 bits per heavy atom. The Morgan fingerprint density at radius 3 is 2.22 bits per heavy atom. The summed E-state index contributed by atoms with van der Waals surface area (Å²) >= 11 is 0. The molecule has 0 radical (unpaired) electrons. The van der Waals surface area contributed by atoms with E-state index in [4.69, 9.17) is 4.74 Å². The second-order valence-corrected chi connectivity index (χ2v) is 5.54. The summed E-state index contributed by atoms with van der Waals surface area (Å²) in [6.07, 6.45) is -0.00178. The molecule has 0 amide bonds. The second-order valence-electron chi connectivity index (χ2n) is 5.54. The van der Waals surface area contributed by atoms with Crippen molar-refractivity contribution in [2.75, 3.05) is 27.7 Å². The lowest BCUT2D eigenvalue weighted by molar-refractivity contribution is 0.106. The number of benzene rings is 2. The van der Waals surface area contributed by atoms with Crippen molar-refractivity contribution in [3.05, 3.63) is 71.8 Å². The summed E-state index contributed by atoms with van der Waals surface area (Å²) in [5.41, 5.74) is 2.35. The molecular formula is C19H25N3O. The Morgan fingerprint density at radius 1 is 1.04 bits per heavy atom. The number of ether oxygens (including phenoxy) is 1. The Balaban J connectivity index is 1.99. The Labute approximate surface area is 138 Å². The molecule has 0 aromatic heterocycles.